The van der Waals surface area contributed by atoms with E-state index in [4.69, 9.17) is 5.73 Å². The molecule has 4 aliphatic rings. The third kappa shape index (κ3) is 4.21. The van der Waals surface area contributed by atoms with Gasteiger partial charge in [-0.25, -0.2) is 0 Å². The highest BCUT2D eigenvalue weighted by atomic mass is 19.4. The molecular formula is C28H33F3N4O7. The van der Waals surface area contributed by atoms with E-state index in [-0.39, 0.29) is 18.5 Å². The summed E-state index contributed by atoms with van der Waals surface area (Å²) < 4.78 is 44.5. The Labute approximate surface area is 239 Å². The normalized spacial score (nSPS) is 34.3. The zero-order valence-electron chi connectivity index (χ0n) is 23.6. The molecular weight excluding hydrogens is 561 g/mol. The standard InChI is InChI=1S/C28H33F3N4O7/c1-33(2)21-14-8-11-7-13-18(22(37)17(11)24(39)27(14,42)25(40)19(23(21)38)26(32)41)16(36)9-12(20(13)28(29,30)31)15-10-34(3)5-6-35(15)4/h9,11,14-15,17,19,21,36,42H,5-8,10H2,1-4H3,(H2,32,41). The second kappa shape index (κ2) is 9.93. The average Bonchev–Trinajstić information content (AvgIpc) is 2.86. The lowest BCUT2D eigenvalue weighted by Gasteiger charge is -2.52. The number of phenols is 1. The van der Waals surface area contributed by atoms with Gasteiger partial charge in [-0.2, -0.15) is 13.2 Å². The van der Waals surface area contributed by atoms with Gasteiger partial charge in [-0.1, -0.05) is 0 Å². The van der Waals surface area contributed by atoms with Gasteiger partial charge < -0.3 is 20.8 Å². The first-order valence-corrected chi connectivity index (χ1v) is 13.6. The van der Waals surface area contributed by atoms with Gasteiger partial charge in [-0.05, 0) is 64.1 Å². The summed E-state index contributed by atoms with van der Waals surface area (Å²) in [7, 11) is 6.30. The molecule has 5 rings (SSSR count). The highest BCUT2D eigenvalue weighted by Crippen LogP contribution is 2.53. The number of ketones is 4. The number of halogens is 3. The molecule has 0 aromatic heterocycles. The molecule has 11 nitrogen and oxygen atoms in total. The Kier molecular flexibility index (Phi) is 7.16. The summed E-state index contributed by atoms with van der Waals surface area (Å²) in [4.78, 5) is 71.3. The van der Waals surface area contributed by atoms with E-state index in [1.807, 2.05) is 4.90 Å². The third-order valence-corrected chi connectivity index (χ3v) is 9.59. The number of likely N-dealkylation sites (N-methyl/N-ethyl adjacent to an activating group) is 3. The zero-order valence-corrected chi connectivity index (χ0v) is 23.6. The maximum atomic E-state index is 14.8. The van der Waals surface area contributed by atoms with Gasteiger partial charge in [0.1, 0.15) is 5.75 Å². The maximum Gasteiger partial charge on any atom is 0.417 e. The van der Waals surface area contributed by atoms with E-state index in [1.54, 1.807) is 19.0 Å². The van der Waals surface area contributed by atoms with Crippen LogP contribution < -0.4 is 5.73 Å². The molecule has 0 radical (unpaired) electrons. The van der Waals surface area contributed by atoms with Gasteiger partial charge in [-0.3, -0.25) is 33.8 Å². The van der Waals surface area contributed by atoms with E-state index in [1.165, 1.54) is 19.0 Å². The molecule has 7 atom stereocenters. The van der Waals surface area contributed by atoms with Gasteiger partial charge in [0.05, 0.1) is 23.1 Å². The SMILES string of the molecule is CN1CCN(C)C(c2cc(O)c3c(c2C(F)(F)F)CC2CC4C(N(C)C)C(=O)C(C(N)=O)C(=O)C4(O)C(=O)C2C3=O)C1. The Morgan fingerprint density at radius 3 is 2.33 bits per heavy atom. The van der Waals surface area contributed by atoms with Crippen molar-refractivity contribution in [1.29, 1.82) is 0 Å². The predicted octanol–water partition coefficient (Wildman–Crippen LogP) is -0.196. The lowest BCUT2D eigenvalue weighted by Crippen LogP contribution is -2.74. The van der Waals surface area contributed by atoms with Crippen LogP contribution in [-0.2, 0) is 31.8 Å². The number of hydrogen-bond acceptors (Lipinski definition) is 10. The van der Waals surface area contributed by atoms with Crippen molar-refractivity contribution in [2.24, 2.45) is 29.4 Å². The highest BCUT2D eigenvalue weighted by Gasteiger charge is 2.69. The van der Waals surface area contributed by atoms with E-state index in [0.29, 0.717) is 13.1 Å². The zero-order chi connectivity index (χ0) is 31.2. The van der Waals surface area contributed by atoms with Gasteiger partial charge in [0.15, 0.2) is 34.7 Å². The maximum absolute atomic E-state index is 14.8. The largest absolute Gasteiger partial charge is 0.507 e. The smallest absolute Gasteiger partial charge is 0.417 e. The molecule has 2 saturated carbocycles. The number of piperazine rings is 1. The fraction of sp³-hybridized carbons (Fsp3) is 0.607. The number of benzene rings is 1. The molecule has 1 aromatic rings. The van der Waals surface area contributed by atoms with Gasteiger partial charge >= 0.3 is 6.18 Å². The summed E-state index contributed by atoms with van der Waals surface area (Å²) in [6.45, 7) is 1.33. The number of fused-ring (bicyclic) bond motifs is 3. The first-order chi connectivity index (χ1) is 19.4. The minimum atomic E-state index is -4.92. The van der Waals surface area contributed by atoms with Crippen molar-refractivity contribution < 1.29 is 47.4 Å². The van der Waals surface area contributed by atoms with Crippen LogP contribution in [0, 0.1) is 23.7 Å². The number of carbonyl (C=O) groups is 5. The van der Waals surface area contributed by atoms with Crippen LogP contribution in [0.4, 0.5) is 13.2 Å². The van der Waals surface area contributed by atoms with Crippen LogP contribution >= 0.6 is 0 Å². The summed E-state index contributed by atoms with van der Waals surface area (Å²) in [6.07, 6.45) is -5.72. The lowest BCUT2D eigenvalue weighted by atomic mass is 9.52. The van der Waals surface area contributed by atoms with Crippen molar-refractivity contribution in [3.8, 4) is 5.75 Å². The second-order valence-electron chi connectivity index (χ2n) is 12.3. The van der Waals surface area contributed by atoms with Crippen molar-refractivity contribution in [3.05, 3.63) is 28.3 Å². The monoisotopic (exact) mass is 594 g/mol. The number of nitrogens with two attached hydrogens (primary N) is 1. The van der Waals surface area contributed by atoms with E-state index >= 15 is 0 Å². The number of nitrogens with zero attached hydrogens (tertiary/aromatic N) is 3. The fourth-order valence-corrected chi connectivity index (χ4v) is 7.65. The number of alkyl halides is 3. The first-order valence-electron chi connectivity index (χ1n) is 13.6. The van der Waals surface area contributed by atoms with Gasteiger partial charge in [0.2, 0.25) is 5.91 Å². The van der Waals surface area contributed by atoms with Crippen LogP contribution in [0.1, 0.15) is 39.5 Å². The molecule has 1 aromatic carbocycles. The molecule has 7 unspecified atom stereocenters. The predicted molar refractivity (Wildman–Crippen MR) is 139 cm³/mol. The summed E-state index contributed by atoms with van der Waals surface area (Å²) in [5, 5.41) is 22.6. The number of phenolic OH excluding ortho intramolecular Hbond substituents is 1. The molecule has 1 saturated heterocycles. The number of hydrogen-bond donors (Lipinski definition) is 3. The Hall–Kier alpha value is -3.20. The Morgan fingerprint density at radius 1 is 1.12 bits per heavy atom. The summed E-state index contributed by atoms with van der Waals surface area (Å²) in [5.41, 5.74) is -0.0380. The van der Waals surface area contributed by atoms with E-state index in [0.717, 1.165) is 6.07 Å². The Balaban J connectivity index is 1.68. The Morgan fingerprint density at radius 2 is 1.76 bits per heavy atom. The van der Waals surface area contributed by atoms with Crippen molar-refractivity contribution in [2.75, 3.05) is 47.8 Å². The second-order valence-corrected chi connectivity index (χ2v) is 12.3. The topological polar surface area (TPSA) is 162 Å². The van der Waals surface area contributed by atoms with E-state index < -0.39 is 105 Å². The number of carbonyl (C=O) groups excluding carboxylic acids is 5. The summed E-state index contributed by atoms with van der Waals surface area (Å²) in [5.74, 6) is -13.4. The van der Waals surface area contributed by atoms with Crippen LogP contribution in [0.5, 0.6) is 5.75 Å². The lowest BCUT2D eigenvalue weighted by molar-refractivity contribution is -0.181. The number of amides is 1. The molecule has 0 spiro atoms. The molecule has 14 heteroatoms. The average molecular weight is 595 g/mol. The quantitative estimate of drug-likeness (QED) is 0.400. The number of primary amides is 1. The van der Waals surface area contributed by atoms with Crippen LogP contribution in [0.2, 0.25) is 0 Å². The molecule has 3 fully saturated rings. The Bertz CT molecular complexity index is 1410. The van der Waals surface area contributed by atoms with E-state index in [2.05, 4.69) is 0 Å². The van der Waals surface area contributed by atoms with Crippen molar-refractivity contribution in [1.82, 2.24) is 14.7 Å². The first kappa shape index (κ1) is 30.3. The number of aromatic hydroxyl groups is 1. The number of Topliss-reactive ketones (excluding diaryl/α,β-unsaturated/α-hetero) is 4. The van der Waals surface area contributed by atoms with Crippen molar-refractivity contribution in [3.63, 3.8) is 0 Å². The van der Waals surface area contributed by atoms with Gasteiger partial charge in [0, 0.05) is 31.6 Å². The molecule has 0 bridgehead atoms. The molecule has 1 aliphatic heterocycles. The highest BCUT2D eigenvalue weighted by molar-refractivity contribution is 6.32. The molecule has 3 aliphatic carbocycles. The fourth-order valence-electron chi connectivity index (χ4n) is 7.65. The minimum absolute atomic E-state index is 0.198. The summed E-state index contributed by atoms with van der Waals surface area (Å²) in [6, 6.07) is -1.18. The van der Waals surface area contributed by atoms with Crippen molar-refractivity contribution in [2.45, 2.75) is 36.7 Å². The molecule has 42 heavy (non-hydrogen) atoms. The summed E-state index contributed by atoms with van der Waals surface area (Å²) >= 11 is 0. The molecule has 228 valence electrons. The molecule has 1 amide bonds. The van der Waals surface area contributed by atoms with Crippen LogP contribution in [-0.4, -0.2) is 113 Å². The van der Waals surface area contributed by atoms with Gasteiger partial charge in [0.25, 0.3) is 0 Å². The van der Waals surface area contributed by atoms with Gasteiger partial charge in [-0.15, -0.1) is 0 Å². The van der Waals surface area contributed by atoms with Crippen LogP contribution in [0.3, 0.4) is 0 Å². The minimum Gasteiger partial charge on any atom is -0.507 e. The third-order valence-electron chi connectivity index (χ3n) is 9.59. The van der Waals surface area contributed by atoms with E-state index in [9.17, 15) is 47.4 Å². The van der Waals surface area contributed by atoms with Crippen LogP contribution in [0.15, 0.2) is 6.07 Å². The number of aliphatic hydroxyl groups is 1. The van der Waals surface area contributed by atoms with Crippen LogP contribution in [0.25, 0.3) is 0 Å². The molecule has 1 heterocycles. The van der Waals surface area contributed by atoms with Crippen molar-refractivity contribution >= 4 is 29.0 Å². The number of rotatable bonds is 3. The molecule has 4 N–H and O–H groups in total.